The highest BCUT2D eigenvalue weighted by Gasteiger charge is 2.20. The molecular formula is C16H15N3O2. The van der Waals surface area contributed by atoms with E-state index in [4.69, 9.17) is 4.74 Å². The summed E-state index contributed by atoms with van der Waals surface area (Å²) >= 11 is 0. The number of para-hydroxylation sites is 2. The molecule has 0 spiro atoms. The SMILES string of the molecule is COc1ccccc1C(O)c1cnnn1-c1ccccc1. The minimum atomic E-state index is -0.864. The largest absolute Gasteiger partial charge is 0.496 e. The van der Waals surface area contributed by atoms with Crippen LogP contribution in [0, 0.1) is 0 Å². The van der Waals surface area contributed by atoms with E-state index in [0.29, 0.717) is 17.0 Å². The molecule has 2 aromatic carbocycles. The van der Waals surface area contributed by atoms with Crippen LogP contribution in [0.25, 0.3) is 5.69 Å². The number of aliphatic hydroxyl groups excluding tert-OH is 1. The van der Waals surface area contributed by atoms with Gasteiger partial charge in [-0.2, -0.15) is 0 Å². The Balaban J connectivity index is 2.04. The predicted molar refractivity (Wildman–Crippen MR) is 78.4 cm³/mol. The Hall–Kier alpha value is -2.66. The Bertz CT molecular complexity index is 725. The van der Waals surface area contributed by atoms with Crippen molar-refractivity contribution in [1.29, 1.82) is 0 Å². The molecule has 5 nitrogen and oxygen atoms in total. The maximum absolute atomic E-state index is 10.7. The zero-order valence-electron chi connectivity index (χ0n) is 11.5. The summed E-state index contributed by atoms with van der Waals surface area (Å²) in [6, 6.07) is 16.9. The average Bonchev–Trinajstić information content (AvgIpc) is 3.04. The van der Waals surface area contributed by atoms with Crippen LogP contribution in [0.1, 0.15) is 17.4 Å². The van der Waals surface area contributed by atoms with Crippen molar-refractivity contribution in [3.63, 3.8) is 0 Å². The van der Waals surface area contributed by atoms with Crippen molar-refractivity contribution in [3.8, 4) is 11.4 Å². The summed E-state index contributed by atoms with van der Waals surface area (Å²) in [5.41, 5.74) is 2.11. The van der Waals surface area contributed by atoms with Crippen LogP contribution in [0.3, 0.4) is 0 Å². The standard InChI is InChI=1S/C16H15N3O2/c1-21-15-10-6-5-9-13(15)16(20)14-11-17-18-19(14)12-7-3-2-4-8-12/h2-11,16,20H,1H3. The molecule has 0 amide bonds. The molecule has 0 radical (unpaired) electrons. The van der Waals surface area contributed by atoms with Gasteiger partial charge in [0, 0.05) is 5.56 Å². The first-order chi connectivity index (χ1) is 10.3. The molecule has 0 bridgehead atoms. The van der Waals surface area contributed by atoms with E-state index < -0.39 is 6.10 Å². The number of methoxy groups -OCH3 is 1. The fourth-order valence-corrected chi connectivity index (χ4v) is 2.25. The smallest absolute Gasteiger partial charge is 0.126 e. The van der Waals surface area contributed by atoms with Gasteiger partial charge in [0.15, 0.2) is 0 Å². The van der Waals surface area contributed by atoms with Gasteiger partial charge in [0.05, 0.1) is 24.7 Å². The Kier molecular flexibility index (Phi) is 3.66. The summed E-state index contributed by atoms with van der Waals surface area (Å²) < 4.78 is 6.92. The number of aliphatic hydroxyl groups is 1. The van der Waals surface area contributed by atoms with Gasteiger partial charge in [-0.05, 0) is 18.2 Å². The second-order valence-corrected chi connectivity index (χ2v) is 4.55. The van der Waals surface area contributed by atoms with Gasteiger partial charge in [-0.15, -0.1) is 5.10 Å². The normalized spacial score (nSPS) is 12.1. The van der Waals surface area contributed by atoms with E-state index in [2.05, 4.69) is 10.3 Å². The van der Waals surface area contributed by atoms with E-state index in [1.165, 1.54) is 0 Å². The highest BCUT2D eigenvalue weighted by Crippen LogP contribution is 2.30. The highest BCUT2D eigenvalue weighted by atomic mass is 16.5. The zero-order chi connectivity index (χ0) is 14.7. The number of hydrogen-bond acceptors (Lipinski definition) is 4. The molecule has 3 aromatic rings. The Labute approximate surface area is 122 Å². The summed E-state index contributed by atoms with van der Waals surface area (Å²) in [5.74, 6) is 0.630. The van der Waals surface area contributed by atoms with Crippen LogP contribution < -0.4 is 4.74 Å². The van der Waals surface area contributed by atoms with Crippen molar-refractivity contribution in [2.45, 2.75) is 6.10 Å². The van der Waals surface area contributed by atoms with Crippen molar-refractivity contribution in [1.82, 2.24) is 15.0 Å². The van der Waals surface area contributed by atoms with Crippen LogP contribution in [0.5, 0.6) is 5.75 Å². The molecule has 1 atom stereocenters. The van der Waals surface area contributed by atoms with Gasteiger partial charge in [0.2, 0.25) is 0 Å². The quantitative estimate of drug-likeness (QED) is 0.797. The van der Waals surface area contributed by atoms with Gasteiger partial charge >= 0.3 is 0 Å². The molecular weight excluding hydrogens is 266 g/mol. The molecule has 1 unspecified atom stereocenters. The molecule has 106 valence electrons. The predicted octanol–water partition coefficient (Wildman–Crippen LogP) is 2.36. The minimum Gasteiger partial charge on any atom is -0.496 e. The molecule has 5 heteroatoms. The van der Waals surface area contributed by atoms with Crippen LogP contribution in [-0.4, -0.2) is 27.2 Å². The number of nitrogens with zero attached hydrogens (tertiary/aromatic N) is 3. The maximum atomic E-state index is 10.7. The Morgan fingerprint density at radius 3 is 2.52 bits per heavy atom. The van der Waals surface area contributed by atoms with Crippen LogP contribution in [-0.2, 0) is 0 Å². The third-order valence-corrected chi connectivity index (χ3v) is 3.29. The van der Waals surface area contributed by atoms with Crippen LogP contribution in [0.4, 0.5) is 0 Å². The zero-order valence-corrected chi connectivity index (χ0v) is 11.5. The molecule has 0 fully saturated rings. The van der Waals surface area contributed by atoms with E-state index in [0.717, 1.165) is 5.69 Å². The number of benzene rings is 2. The first kappa shape index (κ1) is 13.3. The van der Waals surface area contributed by atoms with Crippen molar-refractivity contribution in [2.24, 2.45) is 0 Å². The molecule has 0 aliphatic carbocycles. The van der Waals surface area contributed by atoms with Gasteiger partial charge in [0.25, 0.3) is 0 Å². The molecule has 21 heavy (non-hydrogen) atoms. The lowest BCUT2D eigenvalue weighted by molar-refractivity contribution is 0.206. The Morgan fingerprint density at radius 2 is 1.76 bits per heavy atom. The number of rotatable bonds is 4. The summed E-state index contributed by atoms with van der Waals surface area (Å²) in [4.78, 5) is 0. The van der Waals surface area contributed by atoms with E-state index in [9.17, 15) is 5.11 Å². The van der Waals surface area contributed by atoms with Crippen LogP contribution >= 0.6 is 0 Å². The minimum absolute atomic E-state index is 0.589. The maximum Gasteiger partial charge on any atom is 0.126 e. The van der Waals surface area contributed by atoms with Crippen molar-refractivity contribution in [2.75, 3.05) is 7.11 Å². The summed E-state index contributed by atoms with van der Waals surface area (Å²) in [5, 5.41) is 18.6. The second-order valence-electron chi connectivity index (χ2n) is 4.55. The molecule has 0 saturated carbocycles. The summed E-state index contributed by atoms with van der Waals surface area (Å²) in [7, 11) is 1.58. The third-order valence-electron chi connectivity index (χ3n) is 3.29. The van der Waals surface area contributed by atoms with Gasteiger partial charge in [-0.3, -0.25) is 0 Å². The molecule has 3 rings (SSSR count). The monoisotopic (exact) mass is 281 g/mol. The van der Waals surface area contributed by atoms with Crippen molar-refractivity contribution < 1.29 is 9.84 Å². The van der Waals surface area contributed by atoms with Gasteiger partial charge in [0.1, 0.15) is 11.9 Å². The fraction of sp³-hybridized carbons (Fsp3) is 0.125. The van der Waals surface area contributed by atoms with E-state index in [-0.39, 0.29) is 0 Å². The summed E-state index contributed by atoms with van der Waals surface area (Å²) in [6.07, 6.45) is 0.695. The first-order valence-corrected chi connectivity index (χ1v) is 6.58. The lowest BCUT2D eigenvalue weighted by Gasteiger charge is -2.15. The van der Waals surface area contributed by atoms with Gasteiger partial charge in [-0.1, -0.05) is 41.6 Å². The topological polar surface area (TPSA) is 60.2 Å². The second kappa shape index (κ2) is 5.76. The van der Waals surface area contributed by atoms with E-state index in [1.807, 2.05) is 54.6 Å². The lowest BCUT2D eigenvalue weighted by atomic mass is 10.1. The molecule has 0 saturated heterocycles. The molecule has 0 aliphatic rings. The number of ether oxygens (including phenoxy) is 1. The first-order valence-electron chi connectivity index (χ1n) is 6.58. The fourth-order valence-electron chi connectivity index (χ4n) is 2.25. The van der Waals surface area contributed by atoms with E-state index in [1.54, 1.807) is 18.0 Å². The number of aromatic nitrogens is 3. The molecule has 1 heterocycles. The van der Waals surface area contributed by atoms with Gasteiger partial charge < -0.3 is 9.84 Å². The number of hydrogen-bond donors (Lipinski definition) is 1. The molecule has 1 aromatic heterocycles. The van der Waals surface area contributed by atoms with Crippen molar-refractivity contribution in [3.05, 3.63) is 72.1 Å². The Morgan fingerprint density at radius 1 is 1.05 bits per heavy atom. The van der Waals surface area contributed by atoms with E-state index >= 15 is 0 Å². The molecule has 1 N–H and O–H groups in total. The van der Waals surface area contributed by atoms with Gasteiger partial charge in [-0.25, -0.2) is 4.68 Å². The highest BCUT2D eigenvalue weighted by molar-refractivity contribution is 5.40. The third kappa shape index (κ3) is 2.51. The van der Waals surface area contributed by atoms with Crippen LogP contribution in [0.2, 0.25) is 0 Å². The van der Waals surface area contributed by atoms with Crippen molar-refractivity contribution >= 4 is 0 Å². The lowest BCUT2D eigenvalue weighted by Crippen LogP contribution is -2.09. The average molecular weight is 281 g/mol. The summed E-state index contributed by atoms with van der Waals surface area (Å²) in [6.45, 7) is 0. The van der Waals surface area contributed by atoms with Crippen LogP contribution in [0.15, 0.2) is 60.8 Å². The molecule has 0 aliphatic heterocycles.